The molecule has 0 aliphatic carbocycles. The largest absolute Gasteiger partial charge is 0.419 e. The standard InChI is InChI=1S/C18H22N4O3S/c1-5-15-20-21-18(25-15)16-12(2)17(13(3)22(16)4)26(23,24)19-11-14-9-7-6-8-10-14/h6-10,19H,5,11H2,1-4H3. The van der Waals surface area contributed by atoms with Crippen molar-refractivity contribution in [3.8, 4) is 11.6 Å². The molecule has 8 heteroatoms. The highest BCUT2D eigenvalue weighted by Gasteiger charge is 2.28. The molecule has 0 amide bonds. The lowest BCUT2D eigenvalue weighted by atomic mass is 10.2. The molecule has 2 heterocycles. The zero-order chi connectivity index (χ0) is 18.9. The second kappa shape index (κ2) is 7.05. The predicted octanol–water partition coefficient (Wildman–Crippen LogP) is 2.73. The number of hydrogen-bond acceptors (Lipinski definition) is 5. The van der Waals surface area contributed by atoms with Gasteiger partial charge in [0.1, 0.15) is 10.6 Å². The number of rotatable bonds is 6. The summed E-state index contributed by atoms with van der Waals surface area (Å²) in [7, 11) is -1.89. The van der Waals surface area contributed by atoms with Crippen molar-refractivity contribution in [2.45, 2.75) is 38.6 Å². The first-order valence-corrected chi connectivity index (χ1v) is 9.85. The molecule has 1 aromatic carbocycles. The minimum Gasteiger partial charge on any atom is -0.419 e. The van der Waals surface area contributed by atoms with Crippen molar-refractivity contribution in [3.63, 3.8) is 0 Å². The highest BCUT2D eigenvalue weighted by Crippen LogP contribution is 2.32. The number of hydrogen-bond donors (Lipinski definition) is 1. The van der Waals surface area contributed by atoms with E-state index in [-0.39, 0.29) is 11.4 Å². The van der Waals surface area contributed by atoms with Crippen molar-refractivity contribution >= 4 is 10.0 Å². The number of benzene rings is 1. The van der Waals surface area contributed by atoms with E-state index in [2.05, 4.69) is 14.9 Å². The Hall–Kier alpha value is -2.45. The lowest BCUT2D eigenvalue weighted by molar-refractivity contribution is 0.508. The van der Waals surface area contributed by atoms with E-state index in [0.29, 0.717) is 35.2 Å². The molecule has 0 radical (unpaired) electrons. The van der Waals surface area contributed by atoms with Gasteiger partial charge >= 0.3 is 0 Å². The van der Waals surface area contributed by atoms with Crippen molar-refractivity contribution in [1.29, 1.82) is 0 Å². The van der Waals surface area contributed by atoms with Crippen LogP contribution in [0.1, 0.15) is 29.6 Å². The SMILES string of the molecule is CCc1nnc(-c2c(C)c(S(=O)(=O)NCc3ccccc3)c(C)n2C)o1. The first-order chi connectivity index (χ1) is 12.3. The number of aromatic nitrogens is 3. The summed E-state index contributed by atoms with van der Waals surface area (Å²) in [5.41, 5.74) is 2.73. The minimum atomic E-state index is -3.69. The lowest BCUT2D eigenvalue weighted by Gasteiger charge is -2.08. The first-order valence-electron chi connectivity index (χ1n) is 8.37. The third-order valence-electron chi connectivity index (χ3n) is 4.41. The van der Waals surface area contributed by atoms with Gasteiger partial charge in [0.15, 0.2) is 0 Å². The van der Waals surface area contributed by atoms with Crippen molar-refractivity contribution in [2.75, 3.05) is 0 Å². The molecule has 3 aromatic rings. The molecule has 0 fully saturated rings. The molecule has 0 bridgehead atoms. The number of aryl methyl sites for hydroxylation is 1. The van der Waals surface area contributed by atoms with E-state index in [1.165, 1.54) is 0 Å². The monoisotopic (exact) mass is 374 g/mol. The van der Waals surface area contributed by atoms with Crippen LogP contribution in [0.25, 0.3) is 11.6 Å². The Morgan fingerprint density at radius 1 is 1.15 bits per heavy atom. The van der Waals surface area contributed by atoms with Gasteiger partial charge in [-0.3, -0.25) is 0 Å². The predicted molar refractivity (Wildman–Crippen MR) is 98.0 cm³/mol. The number of nitrogens with zero attached hydrogens (tertiary/aromatic N) is 3. The summed E-state index contributed by atoms with van der Waals surface area (Å²) in [6, 6.07) is 9.40. The molecule has 1 N–H and O–H groups in total. The average Bonchev–Trinajstić information content (AvgIpc) is 3.17. The van der Waals surface area contributed by atoms with Crippen LogP contribution >= 0.6 is 0 Å². The zero-order valence-electron chi connectivity index (χ0n) is 15.3. The third-order valence-corrected chi connectivity index (χ3v) is 6.08. The minimum absolute atomic E-state index is 0.229. The van der Waals surface area contributed by atoms with Crippen LogP contribution in [0.15, 0.2) is 39.6 Å². The topological polar surface area (TPSA) is 90.0 Å². The van der Waals surface area contributed by atoms with Crippen LogP contribution in [0.4, 0.5) is 0 Å². The maximum atomic E-state index is 12.9. The van der Waals surface area contributed by atoms with Gasteiger partial charge in [-0.25, -0.2) is 13.1 Å². The van der Waals surface area contributed by atoms with E-state index in [0.717, 1.165) is 5.56 Å². The Balaban J connectivity index is 1.98. The van der Waals surface area contributed by atoms with Crippen molar-refractivity contribution in [2.24, 2.45) is 7.05 Å². The van der Waals surface area contributed by atoms with Gasteiger partial charge in [-0.1, -0.05) is 37.3 Å². The van der Waals surface area contributed by atoms with Crippen LogP contribution in [0.2, 0.25) is 0 Å². The fourth-order valence-electron chi connectivity index (χ4n) is 2.99. The summed E-state index contributed by atoms with van der Waals surface area (Å²) >= 11 is 0. The van der Waals surface area contributed by atoms with Crippen LogP contribution in [0.5, 0.6) is 0 Å². The van der Waals surface area contributed by atoms with Gasteiger partial charge < -0.3 is 8.98 Å². The van der Waals surface area contributed by atoms with E-state index in [4.69, 9.17) is 4.42 Å². The van der Waals surface area contributed by atoms with Gasteiger partial charge in [0, 0.05) is 31.3 Å². The Bertz CT molecular complexity index is 1020. The second-order valence-electron chi connectivity index (χ2n) is 6.11. The normalized spacial score (nSPS) is 11.8. The Labute approximate surface area is 153 Å². The summed E-state index contributed by atoms with van der Waals surface area (Å²) in [4.78, 5) is 0.252. The summed E-state index contributed by atoms with van der Waals surface area (Å²) in [5.74, 6) is 0.847. The van der Waals surface area contributed by atoms with Gasteiger partial charge in [-0.2, -0.15) is 0 Å². The van der Waals surface area contributed by atoms with Crippen LogP contribution in [-0.4, -0.2) is 23.2 Å². The van der Waals surface area contributed by atoms with Crippen molar-refractivity contribution in [1.82, 2.24) is 19.5 Å². The van der Waals surface area contributed by atoms with Gasteiger partial charge in [0.25, 0.3) is 5.89 Å². The lowest BCUT2D eigenvalue weighted by Crippen LogP contribution is -2.24. The fraction of sp³-hybridized carbons (Fsp3) is 0.333. The number of sulfonamides is 1. The van der Waals surface area contributed by atoms with Gasteiger partial charge in [-0.15, -0.1) is 10.2 Å². The smallest absolute Gasteiger partial charge is 0.264 e. The van der Waals surface area contributed by atoms with E-state index in [9.17, 15) is 8.42 Å². The van der Waals surface area contributed by atoms with Gasteiger partial charge in [0.05, 0.1) is 0 Å². The average molecular weight is 374 g/mol. The highest BCUT2D eigenvalue weighted by atomic mass is 32.2. The molecule has 0 aliphatic heterocycles. The van der Waals surface area contributed by atoms with Crippen molar-refractivity contribution in [3.05, 3.63) is 53.0 Å². The molecule has 7 nitrogen and oxygen atoms in total. The molecule has 0 spiro atoms. The van der Waals surface area contributed by atoms with E-state index in [1.807, 2.05) is 37.3 Å². The highest BCUT2D eigenvalue weighted by molar-refractivity contribution is 7.89. The second-order valence-corrected chi connectivity index (χ2v) is 7.82. The van der Waals surface area contributed by atoms with Gasteiger partial charge in [0.2, 0.25) is 15.9 Å². The molecule has 138 valence electrons. The quantitative estimate of drug-likeness (QED) is 0.716. The fourth-order valence-corrected chi connectivity index (χ4v) is 4.52. The molecule has 0 saturated heterocycles. The van der Waals surface area contributed by atoms with Crippen LogP contribution in [0.3, 0.4) is 0 Å². The number of nitrogens with one attached hydrogen (secondary N) is 1. The van der Waals surface area contributed by atoms with E-state index >= 15 is 0 Å². The summed E-state index contributed by atoms with van der Waals surface area (Å²) in [6.07, 6.45) is 0.624. The summed E-state index contributed by atoms with van der Waals surface area (Å²) < 4.78 is 35.9. The Morgan fingerprint density at radius 3 is 2.46 bits per heavy atom. The summed E-state index contributed by atoms with van der Waals surface area (Å²) in [6.45, 7) is 5.68. The Morgan fingerprint density at radius 2 is 1.85 bits per heavy atom. The maximum Gasteiger partial charge on any atom is 0.264 e. The molecule has 0 atom stereocenters. The summed E-state index contributed by atoms with van der Waals surface area (Å²) in [5, 5.41) is 8.03. The molecule has 0 unspecified atom stereocenters. The van der Waals surface area contributed by atoms with Crippen LogP contribution < -0.4 is 4.72 Å². The Kier molecular flexibility index (Phi) is 4.97. The van der Waals surface area contributed by atoms with Crippen LogP contribution in [0, 0.1) is 13.8 Å². The van der Waals surface area contributed by atoms with E-state index in [1.54, 1.807) is 25.5 Å². The van der Waals surface area contributed by atoms with E-state index < -0.39 is 10.0 Å². The van der Waals surface area contributed by atoms with Crippen LogP contribution in [-0.2, 0) is 30.0 Å². The molecular formula is C18H22N4O3S. The third kappa shape index (κ3) is 3.30. The molecule has 0 aliphatic rings. The molecule has 3 rings (SSSR count). The van der Waals surface area contributed by atoms with Gasteiger partial charge in [-0.05, 0) is 19.4 Å². The molecule has 26 heavy (non-hydrogen) atoms. The molecule has 2 aromatic heterocycles. The van der Waals surface area contributed by atoms with Crippen molar-refractivity contribution < 1.29 is 12.8 Å². The zero-order valence-corrected chi connectivity index (χ0v) is 16.1. The molecule has 0 saturated carbocycles. The first kappa shape index (κ1) is 18.3. The molecular weight excluding hydrogens is 352 g/mol. The maximum absolute atomic E-state index is 12.9.